The highest BCUT2D eigenvalue weighted by Gasteiger charge is 2.23. The lowest BCUT2D eigenvalue weighted by molar-refractivity contribution is -0.224. The van der Waals surface area contributed by atoms with Crippen molar-refractivity contribution in [2.75, 3.05) is 13.2 Å². The van der Waals surface area contributed by atoms with Crippen molar-refractivity contribution in [2.24, 2.45) is 0 Å². The molecule has 2 rings (SSSR count). The van der Waals surface area contributed by atoms with Crippen LogP contribution in [0, 0.1) is 0 Å². The van der Waals surface area contributed by atoms with Crippen LogP contribution in [-0.2, 0) is 9.47 Å². The van der Waals surface area contributed by atoms with Crippen LogP contribution in [0.5, 0.6) is 0 Å². The molecule has 0 radical (unpaired) electrons. The fraction of sp³-hybridized carbons (Fsp3) is 0.455. The quantitative estimate of drug-likeness (QED) is 0.775. The number of benzene rings is 1. The number of aliphatic hydroxyl groups excluding tert-OH is 1. The lowest BCUT2D eigenvalue weighted by Gasteiger charge is -2.29. The number of rotatable bonds is 2. The summed E-state index contributed by atoms with van der Waals surface area (Å²) in [7, 11) is 0. The third-order valence-electron chi connectivity index (χ3n) is 2.30. The van der Waals surface area contributed by atoms with Gasteiger partial charge in [-0.3, -0.25) is 0 Å². The molecular formula is C11H14O3. The summed E-state index contributed by atoms with van der Waals surface area (Å²) >= 11 is 0. The van der Waals surface area contributed by atoms with E-state index in [2.05, 4.69) is 0 Å². The van der Waals surface area contributed by atoms with Crippen molar-refractivity contribution in [1.82, 2.24) is 0 Å². The van der Waals surface area contributed by atoms with Crippen LogP contribution < -0.4 is 0 Å². The van der Waals surface area contributed by atoms with Gasteiger partial charge < -0.3 is 14.6 Å². The summed E-state index contributed by atoms with van der Waals surface area (Å²) in [6, 6.07) is 9.78. The van der Waals surface area contributed by atoms with Crippen molar-refractivity contribution in [3.8, 4) is 0 Å². The standard InChI is InChI=1S/C11H14O3/c12-8-10-6-7-13-11(14-10)9-4-2-1-3-5-9/h1-5,10-12H,6-8H2/t10?,11-/m0/s1. The highest BCUT2D eigenvalue weighted by atomic mass is 16.7. The molecule has 1 aliphatic rings. The normalized spacial score (nSPS) is 27.5. The largest absolute Gasteiger partial charge is 0.394 e. The molecule has 1 unspecified atom stereocenters. The zero-order valence-corrected chi connectivity index (χ0v) is 7.93. The maximum Gasteiger partial charge on any atom is 0.184 e. The lowest BCUT2D eigenvalue weighted by atomic mass is 10.2. The lowest BCUT2D eigenvalue weighted by Crippen LogP contribution is -2.29. The van der Waals surface area contributed by atoms with E-state index in [9.17, 15) is 0 Å². The van der Waals surface area contributed by atoms with Gasteiger partial charge >= 0.3 is 0 Å². The Morgan fingerprint density at radius 3 is 2.79 bits per heavy atom. The molecule has 1 aromatic rings. The Kier molecular flexibility index (Phi) is 3.14. The molecule has 3 nitrogen and oxygen atoms in total. The molecule has 1 aliphatic heterocycles. The summed E-state index contributed by atoms with van der Waals surface area (Å²) in [5.74, 6) is 0. The Labute approximate surface area is 83.3 Å². The number of aliphatic hydroxyl groups is 1. The molecule has 0 bridgehead atoms. The topological polar surface area (TPSA) is 38.7 Å². The molecule has 0 spiro atoms. The van der Waals surface area contributed by atoms with Crippen molar-refractivity contribution in [3.05, 3.63) is 35.9 Å². The summed E-state index contributed by atoms with van der Waals surface area (Å²) in [6.45, 7) is 0.706. The molecule has 0 amide bonds. The van der Waals surface area contributed by atoms with E-state index in [0.717, 1.165) is 12.0 Å². The van der Waals surface area contributed by atoms with E-state index in [4.69, 9.17) is 14.6 Å². The van der Waals surface area contributed by atoms with Gasteiger partial charge in [-0.2, -0.15) is 0 Å². The summed E-state index contributed by atoms with van der Waals surface area (Å²) in [6.07, 6.45) is 0.357. The predicted molar refractivity (Wildman–Crippen MR) is 51.7 cm³/mol. The van der Waals surface area contributed by atoms with E-state index < -0.39 is 0 Å². The first-order chi connectivity index (χ1) is 6.90. The van der Waals surface area contributed by atoms with Gasteiger partial charge in [-0.15, -0.1) is 0 Å². The average molecular weight is 194 g/mol. The summed E-state index contributed by atoms with van der Waals surface area (Å²) in [4.78, 5) is 0. The maximum atomic E-state index is 8.98. The number of hydrogen-bond donors (Lipinski definition) is 1. The summed E-state index contributed by atoms with van der Waals surface area (Å²) in [5, 5.41) is 8.98. The molecule has 14 heavy (non-hydrogen) atoms. The maximum absolute atomic E-state index is 8.98. The minimum atomic E-state index is -0.318. The van der Waals surface area contributed by atoms with Crippen LogP contribution in [0.1, 0.15) is 18.3 Å². The van der Waals surface area contributed by atoms with Crippen molar-refractivity contribution < 1.29 is 14.6 Å². The molecule has 0 aromatic heterocycles. The Bertz CT molecular complexity index is 273. The Morgan fingerprint density at radius 1 is 1.29 bits per heavy atom. The Balaban J connectivity index is 2.04. The summed E-state index contributed by atoms with van der Waals surface area (Å²) in [5.41, 5.74) is 1.01. The van der Waals surface area contributed by atoms with E-state index >= 15 is 0 Å². The van der Waals surface area contributed by atoms with Gasteiger partial charge in [0, 0.05) is 5.56 Å². The fourth-order valence-corrected chi connectivity index (χ4v) is 1.51. The van der Waals surface area contributed by atoms with Crippen LogP contribution in [0.3, 0.4) is 0 Å². The zero-order chi connectivity index (χ0) is 9.80. The third-order valence-corrected chi connectivity index (χ3v) is 2.30. The second kappa shape index (κ2) is 4.55. The highest BCUT2D eigenvalue weighted by Crippen LogP contribution is 2.25. The van der Waals surface area contributed by atoms with Crippen LogP contribution in [0.2, 0.25) is 0 Å². The van der Waals surface area contributed by atoms with Gasteiger partial charge in [-0.1, -0.05) is 30.3 Å². The first kappa shape index (κ1) is 9.65. The van der Waals surface area contributed by atoms with E-state index in [1.807, 2.05) is 30.3 Å². The van der Waals surface area contributed by atoms with Gasteiger partial charge in [0.15, 0.2) is 6.29 Å². The molecular weight excluding hydrogens is 180 g/mol. The smallest absolute Gasteiger partial charge is 0.184 e. The third kappa shape index (κ3) is 2.12. The predicted octanol–water partition coefficient (Wildman–Crippen LogP) is 1.48. The molecule has 2 atom stereocenters. The van der Waals surface area contributed by atoms with Crippen LogP contribution in [0.25, 0.3) is 0 Å². The molecule has 3 heteroatoms. The van der Waals surface area contributed by atoms with Gasteiger partial charge in [0.1, 0.15) is 0 Å². The first-order valence-electron chi connectivity index (χ1n) is 4.83. The van der Waals surface area contributed by atoms with Gasteiger partial charge in [0.25, 0.3) is 0 Å². The van der Waals surface area contributed by atoms with Gasteiger partial charge in [0.05, 0.1) is 19.3 Å². The van der Waals surface area contributed by atoms with Gasteiger partial charge in [0.2, 0.25) is 0 Å². The van der Waals surface area contributed by atoms with Gasteiger partial charge in [-0.05, 0) is 6.42 Å². The molecule has 1 fully saturated rings. The number of ether oxygens (including phenoxy) is 2. The van der Waals surface area contributed by atoms with Crippen LogP contribution in [0.4, 0.5) is 0 Å². The molecule has 1 N–H and O–H groups in total. The van der Waals surface area contributed by atoms with Crippen molar-refractivity contribution in [2.45, 2.75) is 18.8 Å². The molecule has 1 heterocycles. The average Bonchev–Trinajstić information content (AvgIpc) is 2.30. The minimum Gasteiger partial charge on any atom is -0.394 e. The number of hydrogen-bond acceptors (Lipinski definition) is 3. The van der Waals surface area contributed by atoms with Crippen molar-refractivity contribution in [1.29, 1.82) is 0 Å². The fourth-order valence-electron chi connectivity index (χ4n) is 1.51. The molecule has 1 aromatic carbocycles. The van der Waals surface area contributed by atoms with Crippen molar-refractivity contribution in [3.63, 3.8) is 0 Å². The van der Waals surface area contributed by atoms with E-state index in [1.165, 1.54) is 0 Å². The minimum absolute atomic E-state index is 0.0622. The second-order valence-electron chi connectivity index (χ2n) is 3.34. The van der Waals surface area contributed by atoms with E-state index in [1.54, 1.807) is 0 Å². The second-order valence-corrected chi connectivity index (χ2v) is 3.34. The van der Waals surface area contributed by atoms with Crippen LogP contribution in [-0.4, -0.2) is 24.4 Å². The van der Waals surface area contributed by atoms with Crippen molar-refractivity contribution >= 4 is 0 Å². The Hall–Kier alpha value is -0.900. The molecule has 0 aliphatic carbocycles. The van der Waals surface area contributed by atoms with E-state index in [-0.39, 0.29) is 19.0 Å². The van der Waals surface area contributed by atoms with Crippen LogP contribution in [0.15, 0.2) is 30.3 Å². The summed E-state index contributed by atoms with van der Waals surface area (Å²) < 4.78 is 11.0. The van der Waals surface area contributed by atoms with Crippen LogP contribution >= 0.6 is 0 Å². The molecule has 1 saturated heterocycles. The monoisotopic (exact) mass is 194 g/mol. The molecule has 76 valence electrons. The van der Waals surface area contributed by atoms with Gasteiger partial charge in [-0.25, -0.2) is 0 Å². The van der Waals surface area contributed by atoms with E-state index in [0.29, 0.717) is 6.61 Å². The molecule has 0 saturated carbocycles. The highest BCUT2D eigenvalue weighted by molar-refractivity contribution is 5.16. The zero-order valence-electron chi connectivity index (χ0n) is 7.93. The first-order valence-corrected chi connectivity index (χ1v) is 4.83. The SMILES string of the molecule is OCC1CCO[C@H](c2ccccc2)O1. The Morgan fingerprint density at radius 2 is 2.07 bits per heavy atom.